The molecule has 2 rings (SSSR count). The van der Waals surface area contributed by atoms with Gasteiger partial charge in [0, 0.05) is 0 Å². The molecule has 0 spiro atoms. The van der Waals surface area contributed by atoms with Crippen LogP contribution in [-0.2, 0) is 0 Å². The molecule has 1 aliphatic carbocycles. The number of fused-ring (bicyclic) bond motifs is 1. The fraction of sp³-hybridized carbons (Fsp3) is 0.263. The van der Waals surface area contributed by atoms with Gasteiger partial charge in [-0.05, 0) is 34.6 Å². The standard InChI is InChI=1S/C17H18.C2H6/c1-4-14-10-11-16-8-6-7-9-17(16)13(3)12-15(14)5-2;1-2/h4-11,13H,1-2,12H2,3H3;1-2H3/b11-10-,15-14-;. The Bertz CT molecular complexity index is 501. The third-order valence-corrected chi connectivity index (χ3v) is 3.33. The summed E-state index contributed by atoms with van der Waals surface area (Å²) in [5.41, 5.74) is 5.17. The van der Waals surface area contributed by atoms with Gasteiger partial charge in [-0.3, -0.25) is 0 Å². The molecule has 0 saturated carbocycles. The van der Waals surface area contributed by atoms with E-state index >= 15 is 0 Å². The van der Waals surface area contributed by atoms with Gasteiger partial charge in [0.1, 0.15) is 0 Å². The molecule has 19 heavy (non-hydrogen) atoms. The molecule has 0 N–H and O–H groups in total. The van der Waals surface area contributed by atoms with E-state index in [-0.39, 0.29) is 0 Å². The normalized spacial score (nSPS) is 23.0. The van der Waals surface area contributed by atoms with Crippen molar-refractivity contribution < 1.29 is 0 Å². The Morgan fingerprint density at radius 1 is 1.05 bits per heavy atom. The number of benzene rings is 1. The van der Waals surface area contributed by atoms with Gasteiger partial charge in [-0.1, -0.05) is 82.5 Å². The van der Waals surface area contributed by atoms with E-state index < -0.39 is 0 Å². The van der Waals surface area contributed by atoms with Crippen LogP contribution in [0.1, 0.15) is 44.2 Å². The molecule has 1 aromatic rings. The Balaban J connectivity index is 0.000000861. The van der Waals surface area contributed by atoms with Gasteiger partial charge >= 0.3 is 0 Å². The van der Waals surface area contributed by atoms with Crippen molar-refractivity contribution in [2.45, 2.75) is 33.1 Å². The predicted molar refractivity (Wildman–Crippen MR) is 87.3 cm³/mol. The lowest BCUT2D eigenvalue weighted by molar-refractivity contribution is 0.757. The largest absolute Gasteiger partial charge is 0.0988 e. The number of hydrogen-bond donors (Lipinski definition) is 0. The van der Waals surface area contributed by atoms with Crippen LogP contribution < -0.4 is 0 Å². The molecular formula is C19H24. The maximum absolute atomic E-state index is 3.91. The quantitative estimate of drug-likeness (QED) is 0.614. The summed E-state index contributed by atoms with van der Waals surface area (Å²) in [6.45, 7) is 14.1. The van der Waals surface area contributed by atoms with Crippen molar-refractivity contribution in [2.75, 3.05) is 0 Å². The van der Waals surface area contributed by atoms with Crippen LogP contribution in [0.5, 0.6) is 0 Å². The molecular weight excluding hydrogens is 228 g/mol. The second kappa shape index (κ2) is 7.58. The SMILES string of the molecule is C=CC1=C(\C=C)CC(C)c2ccccc2/C=C\1.CC. The van der Waals surface area contributed by atoms with E-state index in [1.807, 2.05) is 26.0 Å². The second-order valence-electron chi connectivity index (χ2n) is 4.46. The Labute approximate surface area is 117 Å². The second-order valence-corrected chi connectivity index (χ2v) is 4.46. The maximum atomic E-state index is 3.91. The van der Waals surface area contributed by atoms with Gasteiger partial charge in [0.05, 0.1) is 0 Å². The molecule has 0 saturated heterocycles. The predicted octanol–water partition coefficient (Wildman–Crippen LogP) is 5.90. The molecule has 0 fully saturated rings. The third kappa shape index (κ3) is 3.57. The molecule has 1 unspecified atom stereocenters. The summed E-state index contributed by atoms with van der Waals surface area (Å²) >= 11 is 0. The smallest absolute Gasteiger partial charge is 0.0144 e. The van der Waals surface area contributed by atoms with E-state index in [1.165, 1.54) is 22.3 Å². The molecule has 0 heteroatoms. The van der Waals surface area contributed by atoms with Crippen LogP contribution in [0, 0.1) is 0 Å². The molecule has 100 valence electrons. The van der Waals surface area contributed by atoms with Crippen molar-refractivity contribution in [3.05, 3.63) is 77.9 Å². The van der Waals surface area contributed by atoms with Gasteiger partial charge in [0.2, 0.25) is 0 Å². The van der Waals surface area contributed by atoms with Crippen molar-refractivity contribution in [1.29, 1.82) is 0 Å². The highest BCUT2D eigenvalue weighted by atomic mass is 14.2. The Morgan fingerprint density at radius 3 is 2.37 bits per heavy atom. The minimum atomic E-state index is 0.513. The first kappa shape index (κ1) is 15.2. The van der Waals surface area contributed by atoms with Crippen LogP contribution >= 0.6 is 0 Å². The third-order valence-electron chi connectivity index (χ3n) is 3.33. The van der Waals surface area contributed by atoms with E-state index in [0.717, 1.165) is 6.42 Å². The average Bonchev–Trinajstić information content (AvgIpc) is 2.47. The maximum Gasteiger partial charge on any atom is -0.0144 e. The van der Waals surface area contributed by atoms with E-state index in [2.05, 4.69) is 56.5 Å². The fourth-order valence-corrected chi connectivity index (χ4v) is 2.36. The molecule has 0 amide bonds. The molecule has 0 radical (unpaired) electrons. The highest BCUT2D eigenvalue weighted by Gasteiger charge is 2.13. The zero-order chi connectivity index (χ0) is 14.3. The van der Waals surface area contributed by atoms with E-state index in [4.69, 9.17) is 0 Å². The number of allylic oxidation sites excluding steroid dienone is 5. The van der Waals surface area contributed by atoms with Crippen molar-refractivity contribution >= 4 is 6.08 Å². The summed E-state index contributed by atoms with van der Waals surface area (Å²) in [6.07, 6.45) is 9.19. The minimum Gasteiger partial charge on any atom is -0.0988 e. The summed E-state index contributed by atoms with van der Waals surface area (Å²) in [5.74, 6) is 0.513. The Hall–Kier alpha value is -1.82. The molecule has 1 atom stereocenters. The molecule has 0 nitrogen and oxygen atoms in total. The van der Waals surface area contributed by atoms with Crippen LogP contribution in [-0.4, -0.2) is 0 Å². The van der Waals surface area contributed by atoms with Gasteiger partial charge in [-0.25, -0.2) is 0 Å². The Morgan fingerprint density at radius 2 is 1.74 bits per heavy atom. The summed E-state index contributed by atoms with van der Waals surface area (Å²) in [4.78, 5) is 0. The first-order valence-electron chi connectivity index (χ1n) is 7.01. The molecule has 0 aliphatic heterocycles. The van der Waals surface area contributed by atoms with Crippen LogP contribution in [0.3, 0.4) is 0 Å². The number of rotatable bonds is 2. The van der Waals surface area contributed by atoms with Crippen molar-refractivity contribution in [2.24, 2.45) is 0 Å². The van der Waals surface area contributed by atoms with Crippen molar-refractivity contribution in [3.8, 4) is 0 Å². The van der Waals surface area contributed by atoms with Gasteiger partial charge in [0.25, 0.3) is 0 Å². The minimum absolute atomic E-state index is 0.513. The lowest BCUT2D eigenvalue weighted by Crippen LogP contribution is -2.01. The van der Waals surface area contributed by atoms with Crippen LogP contribution in [0.25, 0.3) is 6.08 Å². The van der Waals surface area contributed by atoms with Crippen LogP contribution in [0.4, 0.5) is 0 Å². The highest BCUT2D eigenvalue weighted by Crippen LogP contribution is 2.31. The van der Waals surface area contributed by atoms with Gasteiger partial charge in [-0.15, -0.1) is 0 Å². The number of hydrogen-bond acceptors (Lipinski definition) is 0. The first-order chi connectivity index (χ1) is 9.26. The lowest BCUT2D eigenvalue weighted by atomic mass is 9.86. The van der Waals surface area contributed by atoms with Crippen LogP contribution in [0.2, 0.25) is 0 Å². The lowest BCUT2D eigenvalue weighted by Gasteiger charge is -2.19. The monoisotopic (exact) mass is 252 g/mol. The molecule has 0 aromatic heterocycles. The average molecular weight is 252 g/mol. The van der Waals surface area contributed by atoms with Crippen molar-refractivity contribution in [3.63, 3.8) is 0 Å². The summed E-state index contributed by atoms with van der Waals surface area (Å²) < 4.78 is 0. The van der Waals surface area contributed by atoms with Gasteiger partial charge in [-0.2, -0.15) is 0 Å². The zero-order valence-electron chi connectivity index (χ0n) is 12.3. The zero-order valence-corrected chi connectivity index (χ0v) is 12.3. The van der Waals surface area contributed by atoms with E-state index in [0.29, 0.717) is 5.92 Å². The molecule has 0 bridgehead atoms. The van der Waals surface area contributed by atoms with Crippen molar-refractivity contribution in [1.82, 2.24) is 0 Å². The fourth-order valence-electron chi connectivity index (χ4n) is 2.36. The van der Waals surface area contributed by atoms with E-state index in [1.54, 1.807) is 0 Å². The van der Waals surface area contributed by atoms with Gasteiger partial charge < -0.3 is 0 Å². The van der Waals surface area contributed by atoms with Crippen LogP contribution in [0.15, 0.2) is 66.8 Å². The topological polar surface area (TPSA) is 0 Å². The molecule has 0 heterocycles. The van der Waals surface area contributed by atoms with E-state index in [9.17, 15) is 0 Å². The first-order valence-corrected chi connectivity index (χ1v) is 7.01. The molecule has 1 aliphatic rings. The molecule has 1 aromatic carbocycles. The summed E-state index contributed by atoms with van der Waals surface area (Å²) in [6, 6.07) is 8.57. The van der Waals surface area contributed by atoms with Gasteiger partial charge in [0.15, 0.2) is 0 Å². The summed E-state index contributed by atoms with van der Waals surface area (Å²) in [5, 5.41) is 0. The summed E-state index contributed by atoms with van der Waals surface area (Å²) in [7, 11) is 0. The Kier molecular flexibility index (Phi) is 6.08. The highest BCUT2D eigenvalue weighted by molar-refractivity contribution is 5.61.